The molecule has 1 amide bonds. The molecule has 2 N–H and O–H groups in total. The summed E-state index contributed by atoms with van der Waals surface area (Å²) in [5, 5.41) is 2.76. The fourth-order valence-electron chi connectivity index (χ4n) is 1.38. The minimum atomic E-state index is -0.362. The summed E-state index contributed by atoms with van der Waals surface area (Å²) < 4.78 is 0.749. The molecule has 17 heavy (non-hydrogen) atoms. The van der Waals surface area contributed by atoms with Crippen molar-refractivity contribution >= 4 is 21.8 Å². The highest BCUT2D eigenvalue weighted by Gasteiger charge is 2.18. The van der Waals surface area contributed by atoms with E-state index < -0.39 is 0 Å². The van der Waals surface area contributed by atoms with Gasteiger partial charge in [-0.05, 0) is 49.2 Å². The van der Waals surface area contributed by atoms with Gasteiger partial charge >= 0.3 is 0 Å². The number of amides is 1. The van der Waals surface area contributed by atoms with Crippen LogP contribution >= 0.6 is 15.9 Å². The first-order chi connectivity index (χ1) is 7.74. The molecule has 0 aromatic carbocycles. The van der Waals surface area contributed by atoms with E-state index in [4.69, 9.17) is 0 Å². The molecular weight excluding hydrogens is 284 g/mol. The summed E-state index contributed by atoms with van der Waals surface area (Å²) >= 11 is 3.34. The molecule has 0 atom stereocenters. The standard InChI is InChI=1S/C12H17BrN2O2/c1-5-9-8(13)6-7(10(16)14-9)11(17)15-12(2,3)4/h6H,5H2,1-4H3,(H,14,16)(H,15,17). The molecule has 1 rings (SSSR count). The van der Waals surface area contributed by atoms with Crippen molar-refractivity contribution in [1.29, 1.82) is 0 Å². The zero-order chi connectivity index (χ0) is 13.2. The number of halogens is 1. The number of rotatable bonds is 2. The third-order valence-corrected chi connectivity index (χ3v) is 2.86. The van der Waals surface area contributed by atoms with E-state index in [1.807, 2.05) is 27.7 Å². The van der Waals surface area contributed by atoms with E-state index in [1.165, 1.54) is 0 Å². The molecule has 5 heteroatoms. The molecular formula is C12H17BrN2O2. The number of aromatic amines is 1. The lowest BCUT2D eigenvalue weighted by atomic mass is 10.1. The number of hydrogen-bond donors (Lipinski definition) is 2. The number of pyridine rings is 1. The average Bonchev–Trinajstić information content (AvgIpc) is 2.18. The van der Waals surface area contributed by atoms with Gasteiger partial charge in [0.05, 0.1) is 0 Å². The van der Waals surface area contributed by atoms with Crippen LogP contribution in [0.4, 0.5) is 0 Å². The Hall–Kier alpha value is -1.10. The van der Waals surface area contributed by atoms with Gasteiger partial charge in [0.15, 0.2) is 0 Å². The largest absolute Gasteiger partial charge is 0.347 e. The minimum Gasteiger partial charge on any atom is -0.347 e. The van der Waals surface area contributed by atoms with Crippen molar-refractivity contribution < 1.29 is 4.79 Å². The highest BCUT2D eigenvalue weighted by Crippen LogP contribution is 2.14. The Labute approximate surface area is 109 Å². The monoisotopic (exact) mass is 300 g/mol. The van der Waals surface area contributed by atoms with Crippen LogP contribution < -0.4 is 10.9 Å². The second kappa shape index (κ2) is 5.04. The molecule has 0 aliphatic carbocycles. The first-order valence-corrected chi connectivity index (χ1v) is 6.28. The Morgan fingerprint density at radius 1 is 1.47 bits per heavy atom. The van der Waals surface area contributed by atoms with Crippen LogP contribution in [0.15, 0.2) is 15.3 Å². The second-order valence-corrected chi connectivity index (χ2v) is 5.75. The molecule has 4 nitrogen and oxygen atoms in total. The zero-order valence-electron chi connectivity index (χ0n) is 10.5. The molecule has 0 fully saturated rings. The highest BCUT2D eigenvalue weighted by molar-refractivity contribution is 9.10. The Morgan fingerprint density at radius 2 is 2.06 bits per heavy atom. The van der Waals surface area contributed by atoms with Gasteiger partial charge in [-0.25, -0.2) is 0 Å². The van der Waals surface area contributed by atoms with Crippen molar-refractivity contribution in [3.63, 3.8) is 0 Å². The van der Waals surface area contributed by atoms with Gasteiger partial charge in [-0.1, -0.05) is 6.92 Å². The number of hydrogen-bond acceptors (Lipinski definition) is 2. The van der Waals surface area contributed by atoms with E-state index in [0.717, 1.165) is 10.2 Å². The van der Waals surface area contributed by atoms with Gasteiger partial charge in [0.25, 0.3) is 11.5 Å². The Balaban J connectivity index is 3.12. The van der Waals surface area contributed by atoms with Crippen LogP contribution in [0.25, 0.3) is 0 Å². The van der Waals surface area contributed by atoms with E-state index in [1.54, 1.807) is 6.07 Å². The van der Waals surface area contributed by atoms with Gasteiger partial charge in [0.2, 0.25) is 0 Å². The summed E-state index contributed by atoms with van der Waals surface area (Å²) in [5.41, 5.74) is 0.206. The van der Waals surface area contributed by atoms with Gasteiger partial charge < -0.3 is 10.3 Å². The van der Waals surface area contributed by atoms with Crippen LogP contribution in [-0.2, 0) is 6.42 Å². The van der Waals surface area contributed by atoms with Crippen molar-refractivity contribution in [3.8, 4) is 0 Å². The van der Waals surface area contributed by atoms with Crippen molar-refractivity contribution in [3.05, 3.63) is 32.2 Å². The first kappa shape index (κ1) is 14.0. The molecule has 0 saturated heterocycles. The number of aryl methyl sites for hydroxylation is 1. The smallest absolute Gasteiger partial charge is 0.261 e. The molecule has 1 aromatic rings. The van der Waals surface area contributed by atoms with E-state index in [-0.39, 0.29) is 22.6 Å². The summed E-state index contributed by atoms with van der Waals surface area (Å²) in [6.45, 7) is 7.54. The van der Waals surface area contributed by atoms with E-state index in [2.05, 4.69) is 26.2 Å². The van der Waals surface area contributed by atoms with Crippen LogP contribution in [0.1, 0.15) is 43.7 Å². The molecule has 0 aliphatic heterocycles. The van der Waals surface area contributed by atoms with Crippen LogP contribution in [0.3, 0.4) is 0 Å². The topological polar surface area (TPSA) is 62.0 Å². The normalized spacial score (nSPS) is 11.4. The lowest BCUT2D eigenvalue weighted by Gasteiger charge is -2.20. The van der Waals surface area contributed by atoms with Crippen LogP contribution in [0, 0.1) is 0 Å². The summed E-state index contributed by atoms with van der Waals surface area (Å²) in [5.74, 6) is -0.359. The number of nitrogens with one attached hydrogen (secondary N) is 2. The molecule has 0 aliphatic rings. The lowest BCUT2D eigenvalue weighted by Crippen LogP contribution is -2.42. The highest BCUT2D eigenvalue weighted by atomic mass is 79.9. The fourth-order valence-corrected chi connectivity index (χ4v) is 1.99. The maximum absolute atomic E-state index is 11.9. The van der Waals surface area contributed by atoms with Gasteiger partial charge in [-0.15, -0.1) is 0 Å². The summed E-state index contributed by atoms with van der Waals surface area (Å²) in [6, 6.07) is 1.57. The van der Waals surface area contributed by atoms with Crippen molar-refractivity contribution in [1.82, 2.24) is 10.3 Å². The number of aromatic nitrogens is 1. The molecule has 0 bridgehead atoms. The predicted octanol–water partition coefficient (Wildman–Crippen LogP) is 2.23. The van der Waals surface area contributed by atoms with E-state index >= 15 is 0 Å². The van der Waals surface area contributed by atoms with Crippen molar-refractivity contribution in [2.75, 3.05) is 0 Å². The molecule has 1 heterocycles. The maximum Gasteiger partial charge on any atom is 0.261 e. The Morgan fingerprint density at radius 3 is 2.53 bits per heavy atom. The minimum absolute atomic E-state index is 0.129. The quantitative estimate of drug-likeness (QED) is 0.880. The van der Waals surface area contributed by atoms with Gasteiger partial charge in [-0.3, -0.25) is 9.59 Å². The fraction of sp³-hybridized carbons (Fsp3) is 0.500. The Kier molecular flexibility index (Phi) is 4.14. The number of carbonyl (C=O) groups is 1. The molecule has 0 unspecified atom stereocenters. The molecule has 0 spiro atoms. The third kappa shape index (κ3) is 3.70. The summed E-state index contributed by atoms with van der Waals surface area (Å²) in [7, 11) is 0. The first-order valence-electron chi connectivity index (χ1n) is 5.49. The van der Waals surface area contributed by atoms with E-state index in [9.17, 15) is 9.59 Å². The molecule has 1 aromatic heterocycles. The van der Waals surface area contributed by atoms with Crippen molar-refractivity contribution in [2.24, 2.45) is 0 Å². The van der Waals surface area contributed by atoms with Gasteiger partial charge in [0, 0.05) is 15.7 Å². The second-order valence-electron chi connectivity index (χ2n) is 4.90. The average molecular weight is 301 g/mol. The zero-order valence-corrected chi connectivity index (χ0v) is 12.1. The SMILES string of the molecule is CCc1[nH]c(=O)c(C(=O)NC(C)(C)C)cc1Br. The Bertz CT molecular complexity index is 486. The van der Waals surface area contributed by atoms with Gasteiger partial charge in [0.1, 0.15) is 5.56 Å². The number of carbonyl (C=O) groups excluding carboxylic acids is 1. The maximum atomic E-state index is 11.9. The molecule has 94 valence electrons. The number of H-pyrrole nitrogens is 1. The predicted molar refractivity (Wildman–Crippen MR) is 71.4 cm³/mol. The van der Waals surface area contributed by atoms with Crippen LogP contribution in [-0.4, -0.2) is 16.4 Å². The molecule has 0 saturated carbocycles. The van der Waals surface area contributed by atoms with Gasteiger partial charge in [-0.2, -0.15) is 0 Å². The summed E-state index contributed by atoms with van der Waals surface area (Å²) in [4.78, 5) is 26.3. The van der Waals surface area contributed by atoms with E-state index in [0.29, 0.717) is 6.42 Å². The third-order valence-electron chi connectivity index (χ3n) is 2.16. The molecule has 0 radical (unpaired) electrons. The van der Waals surface area contributed by atoms with Crippen LogP contribution in [0.2, 0.25) is 0 Å². The summed E-state index contributed by atoms with van der Waals surface area (Å²) in [6.07, 6.45) is 0.705. The van der Waals surface area contributed by atoms with Crippen LogP contribution in [0.5, 0.6) is 0 Å². The lowest BCUT2D eigenvalue weighted by molar-refractivity contribution is 0.0918. The van der Waals surface area contributed by atoms with Crippen molar-refractivity contribution in [2.45, 2.75) is 39.7 Å².